The first-order valence-electron chi connectivity index (χ1n) is 6.34. The third-order valence-corrected chi connectivity index (χ3v) is 2.55. The molecule has 0 saturated heterocycles. The van der Waals surface area contributed by atoms with Gasteiger partial charge in [0.1, 0.15) is 11.6 Å². The summed E-state index contributed by atoms with van der Waals surface area (Å²) in [5.74, 6) is -0.405. The van der Waals surface area contributed by atoms with E-state index in [0.29, 0.717) is 11.9 Å². The second kappa shape index (κ2) is 6.14. The number of hydrogen-bond donors (Lipinski definition) is 2. The molecule has 0 aliphatic carbocycles. The minimum atomic E-state index is -0.443. The normalized spacial score (nSPS) is 10.4. The topological polar surface area (TPSA) is 54.0 Å². The number of carbonyl (C=O) groups excluding carboxylic acids is 1. The fourth-order valence-electron chi connectivity index (χ4n) is 1.70. The summed E-state index contributed by atoms with van der Waals surface area (Å²) in [5, 5.41) is 5.82. The van der Waals surface area contributed by atoms with E-state index in [4.69, 9.17) is 0 Å². The molecular formula is C15H16FN3O. The second-order valence-corrected chi connectivity index (χ2v) is 4.70. The molecule has 2 rings (SSSR count). The molecule has 1 amide bonds. The molecule has 0 spiro atoms. The van der Waals surface area contributed by atoms with Gasteiger partial charge in [-0.2, -0.15) is 0 Å². The summed E-state index contributed by atoms with van der Waals surface area (Å²) in [4.78, 5) is 16.0. The van der Waals surface area contributed by atoms with Crippen molar-refractivity contribution in [2.24, 2.45) is 0 Å². The van der Waals surface area contributed by atoms with Crippen molar-refractivity contribution in [3.8, 4) is 0 Å². The van der Waals surface area contributed by atoms with Crippen molar-refractivity contribution in [2.75, 3.05) is 10.6 Å². The number of anilines is 2. The number of amides is 1. The maximum absolute atomic E-state index is 13.0. The lowest BCUT2D eigenvalue weighted by Crippen LogP contribution is -2.14. The van der Waals surface area contributed by atoms with Crippen LogP contribution in [0.25, 0.3) is 0 Å². The Balaban J connectivity index is 2.04. The third kappa shape index (κ3) is 3.78. The molecule has 0 fully saturated rings. The quantitative estimate of drug-likeness (QED) is 0.898. The van der Waals surface area contributed by atoms with Gasteiger partial charge in [-0.25, -0.2) is 9.37 Å². The van der Waals surface area contributed by atoms with Crippen molar-refractivity contribution in [2.45, 2.75) is 19.9 Å². The van der Waals surface area contributed by atoms with Crippen LogP contribution < -0.4 is 10.6 Å². The molecule has 1 aromatic heterocycles. The number of carbonyl (C=O) groups is 1. The highest BCUT2D eigenvalue weighted by Gasteiger charge is 2.07. The van der Waals surface area contributed by atoms with Gasteiger partial charge < -0.3 is 10.6 Å². The molecule has 0 saturated carbocycles. The Hall–Kier alpha value is -2.43. The number of nitrogens with one attached hydrogen (secondary N) is 2. The highest BCUT2D eigenvalue weighted by Crippen LogP contribution is 2.12. The highest BCUT2D eigenvalue weighted by atomic mass is 19.1. The summed E-state index contributed by atoms with van der Waals surface area (Å²) in [6.07, 6.45) is 1.64. The molecule has 0 radical (unpaired) electrons. The Labute approximate surface area is 117 Å². The van der Waals surface area contributed by atoms with Crippen LogP contribution in [0.2, 0.25) is 0 Å². The summed E-state index contributed by atoms with van der Waals surface area (Å²) < 4.78 is 13.0. The monoisotopic (exact) mass is 273 g/mol. The summed E-state index contributed by atoms with van der Waals surface area (Å²) in [5.41, 5.74) is 1.14. The summed E-state index contributed by atoms with van der Waals surface area (Å²) in [6.45, 7) is 4.05. The Morgan fingerprint density at radius 1 is 1.25 bits per heavy atom. The Morgan fingerprint density at radius 2 is 2.05 bits per heavy atom. The van der Waals surface area contributed by atoms with E-state index in [1.807, 2.05) is 19.9 Å². The number of halogens is 1. The number of nitrogens with zero attached hydrogens (tertiary/aromatic N) is 1. The number of hydrogen-bond acceptors (Lipinski definition) is 3. The first kappa shape index (κ1) is 14.0. The lowest BCUT2D eigenvalue weighted by molar-refractivity contribution is 0.102. The SMILES string of the molecule is CC(C)Nc1ccc(NC(=O)c2cccc(F)c2)nc1. The predicted molar refractivity (Wildman–Crippen MR) is 77.3 cm³/mol. The van der Waals surface area contributed by atoms with E-state index >= 15 is 0 Å². The predicted octanol–water partition coefficient (Wildman–Crippen LogP) is 3.29. The Morgan fingerprint density at radius 3 is 2.65 bits per heavy atom. The lowest BCUT2D eigenvalue weighted by atomic mass is 10.2. The Bertz CT molecular complexity index is 596. The van der Waals surface area contributed by atoms with Gasteiger partial charge in [0, 0.05) is 11.6 Å². The van der Waals surface area contributed by atoms with E-state index in [-0.39, 0.29) is 11.5 Å². The van der Waals surface area contributed by atoms with Crippen molar-refractivity contribution in [1.82, 2.24) is 4.98 Å². The van der Waals surface area contributed by atoms with E-state index in [2.05, 4.69) is 15.6 Å². The van der Waals surface area contributed by atoms with Crippen LogP contribution in [0, 0.1) is 5.82 Å². The van der Waals surface area contributed by atoms with Gasteiger partial charge in [0.05, 0.1) is 11.9 Å². The lowest BCUT2D eigenvalue weighted by Gasteiger charge is -2.10. The summed E-state index contributed by atoms with van der Waals surface area (Å²) >= 11 is 0. The average molecular weight is 273 g/mol. The molecule has 0 aliphatic heterocycles. The van der Waals surface area contributed by atoms with Crippen LogP contribution in [0.15, 0.2) is 42.6 Å². The number of rotatable bonds is 4. The van der Waals surface area contributed by atoms with Crippen LogP contribution in [-0.2, 0) is 0 Å². The van der Waals surface area contributed by atoms with Crippen LogP contribution in [-0.4, -0.2) is 16.9 Å². The fraction of sp³-hybridized carbons (Fsp3) is 0.200. The summed E-state index contributed by atoms with van der Waals surface area (Å²) in [6, 6.07) is 9.35. The van der Waals surface area contributed by atoms with E-state index < -0.39 is 5.82 Å². The second-order valence-electron chi connectivity index (χ2n) is 4.70. The van der Waals surface area contributed by atoms with Crippen molar-refractivity contribution in [3.63, 3.8) is 0 Å². The molecule has 104 valence electrons. The van der Waals surface area contributed by atoms with Gasteiger partial charge in [-0.1, -0.05) is 6.07 Å². The van der Waals surface area contributed by atoms with E-state index in [1.54, 1.807) is 18.3 Å². The smallest absolute Gasteiger partial charge is 0.256 e. The van der Waals surface area contributed by atoms with Crippen LogP contribution in [0.1, 0.15) is 24.2 Å². The van der Waals surface area contributed by atoms with Gasteiger partial charge in [0.2, 0.25) is 0 Å². The molecule has 2 aromatic rings. The zero-order chi connectivity index (χ0) is 14.5. The number of aromatic nitrogens is 1. The number of benzene rings is 1. The van der Waals surface area contributed by atoms with Gasteiger partial charge in [0.15, 0.2) is 0 Å². The highest BCUT2D eigenvalue weighted by molar-refractivity contribution is 6.03. The molecule has 2 N–H and O–H groups in total. The molecule has 1 aromatic carbocycles. The first-order valence-corrected chi connectivity index (χ1v) is 6.34. The van der Waals surface area contributed by atoms with Gasteiger partial charge >= 0.3 is 0 Å². The van der Waals surface area contributed by atoms with Crippen molar-refractivity contribution < 1.29 is 9.18 Å². The van der Waals surface area contributed by atoms with Gasteiger partial charge in [0.25, 0.3) is 5.91 Å². The Kier molecular flexibility index (Phi) is 4.30. The largest absolute Gasteiger partial charge is 0.382 e. The maximum Gasteiger partial charge on any atom is 0.256 e. The molecule has 4 nitrogen and oxygen atoms in total. The molecule has 0 unspecified atom stereocenters. The number of pyridine rings is 1. The minimum Gasteiger partial charge on any atom is -0.382 e. The summed E-state index contributed by atoms with van der Waals surface area (Å²) in [7, 11) is 0. The maximum atomic E-state index is 13.0. The zero-order valence-electron chi connectivity index (χ0n) is 11.4. The van der Waals surface area contributed by atoms with Crippen LogP contribution >= 0.6 is 0 Å². The van der Waals surface area contributed by atoms with Crippen molar-refractivity contribution in [1.29, 1.82) is 0 Å². The first-order chi connectivity index (χ1) is 9.54. The molecule has 20 heavy (non-hydrogen) atoms. The van der Waals surface area contributed by atoms with E-state index in [0.717, 1.165) is 5.69 Å². The van der Waals surface area contributed by atoms with Gasteiger partial charge in [-0.05, 0) is 44.2 Å². The molecule has 5 heteroatoms. The minimum absolute atomic E-state index is 0.260. The zero-order valence-corrected chi connectivity index (χ0v) is 11.4. The van der Waals surface area contributed by atoms with E-state index in [9.17, 15) is 9.18 Å². The molecule has 0 aliphatic rings. The molecule has 1 heterocycles. The van der Waals surface area contributed by atoms with Crippen LogP contribution in [0.5, 0.6) is 0 Å². The van der Waals surface area contributed by atoms with E-state index in [1.165, 1.54) is 18.2 Å². The van der Waals surface area contributed by atoms with Crippen molar-refractivity contribution >= 4 is 17.4 Å². The van der Waals surface area contributed by atoms with Crippen LogP contribution in [0.4, 0.5) is 15.9 Å². The van der Waals surface area contributed by atoms with Gasteiger partial charge in [-0.15, -0.1) is 0 Å². The fourth-order valence-corrected chi connectivity index (χ4v) is 1.70. The van der Waals surface area contributed by atoms with Crippen LogP contribution in [0.3, 0.4) is 0 Å². The van der Waals surface area contributed by atoms with Gasteiger partial charge in [-0.3, -0.25) is 4.79 Å². The molecule has 0 bridgehead atoms. The third-order valence-electron chi connectivity index (χ3n) is 2.55. The average Bonchev–Trinajstić information content (AvgIpc) is 2.40. The molecular weight excluding hydrogens is 257 g/mol. The standard InChI is InChI=1S/C15H16FN3O/c1-10(2)18-13-6-7-14(17-9-13)19-15(20)11-4-3-5-12(16)8-11/h3-10,18H,1-2H3,(H,17,19,20). The molecule has 0 atom stereocenters. The van der Waals surface area contributed by atoms with Crippen molar-refractivity contribution in [3.05, 3.63) is 54.0 Å².